The van der Waals surface area contributed by atoms with Gasteiger partial charge in [0, 0.05) is 5.54 Å². The van der Waals surface area contributed by atoms with Crippen molar-refractivity contribution < 1.29 is 18.1 Å². The van der Waals surface area contributed by atoms with Gasteiger partial charge in [0.05, 0.1) is 16.2 Å². The topological polar surface area (TPSA) is 105 Å². The van der Waals surface area contributed by atoms with E-state index in [0.717, 1.165) is 18.5 Å². The second-order valence-electron chi connectivity index (χ2n) is 6.34. The van der Waals surface area contributed by atoms with Gasteiger partial charge in [-0.1, -0.05) is 12.1 Å². The van der Waals surface area contributed by atoms with Gasteiger partial charge in [-0.3, -0.25) is 15.5 Å². The zero-order valence-corrected chi connectivity index (χ0v) is 14.2. The molecule has 11 heteroatoms. The summed E-state index contributed by atoms with van der Waals surface area (Å²) in [7, 11) is 0. The number of alkyl halides is 3. The van der Waals surface area contributed by atoms with Crippen LogP contribution < -0.4 is 16.2 Å². The molecule has 2 rings (SSSR count). The summed E-state index contributed by atoms with van der Waals surface area (Å²) in [5, 5.41) is 13.8. The third-order valence-electron chi connectivity index (χ3n) is 3.05. The van der Waals surface area contributed by atoms with Crippen molar-refractivity contribution in [2.24, 2.45) is 0 Å². The van der Waals surface area contributed by atoms with Crippen LogP contribution in [0.25, 0.3) is 0 Å². The number of nitrogens with zero attached hydrogens (tertiary/aromatic N) is 3. The minimum atomic E-state index is -4.62. The Kier molecular flexibility index (Phi) is 5.30. The Morgan fingerprint density at radius 1 is 1.08 bits per heavy atom. The minimum absolute atomic E-state index is 0.174. The van der Waals surface area contributed by atoms with Crippen molar-refractivity contribution in [2.45, 2.75) is 32.5 Å². The van der Waals surface area contributed by atoms with Crippen molar-refractivity contribution in [3.05, 3.63) is 46.3 Å². The Morgan fingerprint density at radius 2 is 1.69 bits per heavy atom. The minimum Gasteiger partial charge on any atom is -0.334 e. The van der Waals surface area contributed by atoms with Gasteiger partial charge in [0.1, 0.15) is 6.33 Å². The van der Waals surface area contributed by atoms with Crippen molar-refractivity contribution in [1.29, 1.82) is 0 Å². The number of nitrogens with one attached hydrogen (secondary N) is 3. The van der Waals surface area contributed by atoms with Crippen LogP contribution in [-0.2, 0) is 6.18 Å². The molecule has 0 aliphatic rings. The highest BCUT2D eigenvalue weighted by Crippen LogP contribution is 2.38. The Balaban J connectivity index is 2.44. The van der Waals surface area contributed by atoms with Gasteiger partial charge in [-0.15, -0.1) is 0 Å². The highest BCUT2D eigenvalue weighted by atomic mass is 19.4. The van der Waals surface area contributed by atoms with Crippen molar-refractivity contribution in [3.63, 3.8) is 0 Å². The predicted octanol–water partition coefficient (Wildman–Crippen LogP) is 3.86. The van der Waals surface area contributed by atoms with Crippen LogP contribution >= 0.6 is 0 Å². The Morgan fingerprint density at radius 3 is 2.27 bits per heavy atom. The smallest absolute Gasteiger partial charge is 0.334 e. The number of aromatic nitrogens is 2. The molecule has 0 atom stereocenters. The Bertz CT molecular complexity index is 805. The maximum atomic E-state index is 13.1. The molecule has 0 spiro atoms. The lowest BCUT2D eigenvalue weighted by Gasteiger charge is -2.21. The summed E-state index contributed by atoms with van der Waals surface area (Å²) in [6, 6.07) is 4.64. The Labute approximate surface area is 147 Å². The van der Waals surface area contributed by atoms with Crippen LogP contribution in [0.15, 0.2) is 30.6 Å². The maximum Gasteiger partial charge on any atom is 0.418 e. The molecule has 1 aromatic carbocycles. The van der Waals surface area contributed by atoms with Crippen LogP contribution in [0.5, 0.6) is 0 Å². The van der Waals surface area contributed by atoms with Gasteiger partial charge < -0.3 is 5.32 Å². The van der Waals surface area contributed by atoms with Gasteiger partial charge in [0.15, 0.2) is 0 Å². The molecule has 0 saturated carbocycles. The van der Waals surface area contributed by atoms with Crippen molar-refractivity contribution >= 4 is 23.0 Å². The van der Waals surface area contributed by atoms with E-state index in [1.165, 1.54) is 12.1 Å². The average molecular weight is 370 g/mol. The number of hydrazine groups is 1. The lowest BCUT2D eigenvalue weighted by atomic mass is 10.1. The number of anilines is 3. The molecule has 3 N–H and O–H groups in total. The number of nitro groups is 1. The van der Waals surface area contributed by atoms with Gasteiger partial charge in [-0.2, -0.15) is 13.2 Å². The molecule has 0 unspecified atom stereocenters. The molecule has 1 aromatic heterocycles. The van der Waals surface area contributed by atoms with E-state index < -0.39 is 27.9 Å². The number of para-hydroxylation sites is 1. The van der Waals surface area contributed by atoms with Crippen LogP contribution in [0.4, 0.5) is 36.2 Å². The van der Waals surface area contributed by atoms with E-state index in [1.54, 1.807) is 0 Å². The molecule has 0 bridgehead atoms. The van der Waals surface area contributed by atoms with Gasteiger partial charge in [0.2, 0.25) is 11.6 Å². The molecule has 2 aromatic rings. The van der Waals surface area contributed by atoms with E-state index >= 15 is 0 Å². The highest BCUT2D eigenvalue weighted by Gasteiger charge is 2.34. The molecule has 0 amide bonds. The van der Waals surface area contributed by atoms with Gasteiger partial charge in [-0.25, -0.2) is 15.4 Å². The predicted molar refractivity (Wildman–Crippen MR) is 89.9 cm³/mol. The number of benzene rings is 1. The molecule has 140 valence electrons. The number of rotatable bonds is 5. The van der Waals surface area contributed by atoms with Crippen LogP contribution in [-0.4, -0.2) is 20.4 Å². The first kappa shape index (κ1) is 19.4. The zero-order valence-electron chi connectivity index (χ0n) is 14.2. The summed E-state index contributed by atoms with van der Waals surface area (Å²) < 4.78 is 39.3. The third kappa shape index (κ3) is 4.79. The van der Waals surface area contributed by atoms with Crippen molar-refractivity contribution in [3.8, 4) is 0 Å². The normalized spacial score (nSPS) is 11.9. The molecule has 0 saturated heterocycles. The lowest BCUT2D eigenvalue weighted by molar-refractivity contribution is -0.383. The second-order valence-corrected chi connectivity index (χ2v) is 6.34. The number of hydrogen-bond donors (Lipinski definition) is 3. The molecule has 26 heavy (non-hydrogen) atoms. The fourth-order valence-electron chi connectivity index (χ4n) is 1.95. The molecular formula is C15H17F3N6O2. The van der Waals surface area contributed by atoms with E-state index in [-0.39, 0.29) is 17.3 Å². The zero-order chi connectivity index (χ0) is 19.5. The fourth-order valence-corrected chi connectivity index (χ4v) is 1.95. The van der Waals surface area contributed by atoms with Crippen LogP contribution in [0, 0.1) is 10.1 Å². The lowest BCUT2D eigenvalue weighted by Crippen LogP contribution is -2.40. The quantitative estimate of drug-likeness (QED) is 0.542. The highest BCUT2D eigenvalue weighted by molar-refractivity contribution is 5.74. The van der Waals surface area contributed by atoms with Crippen molar-refractivity contribution in [1.82, 2.24) is 15.4 Å². The molecule has 0 fully saturated rings. The largest absolute Gasteiger partial charge is 0.418 e. The van der Waals surface area contributed by atoms with Gasteiger partial charge in [-0.05, 0) is 32.9 Å². The summed E-state index contributed by atoms with van der Waals surface area (Å²) in [5.41, 5.74) is 3.08. The first-order valence-electron chi connectivity index (χ1n) is 7.45. The first-order chi connectivity index (χ1) is 12.0. The van der Waals surface area contributed by atoms with E-state index in [2.05, 4.69) is 26.1 Å². The van der Waals surface area contributed by atoms with Gasteiger partial charge in [0.25, 0.3) is 0 Å². The Hall–Kier alpha value is -2.95. The molecular weight excluding hydrogens is 353 g/mol. The first-order valence-corrected chi connectivity index (χ1v) is 7.45. The van der Waals surface area contributed by atoms with Crippen LogP contribution in [0.2, 0.25) is 0 Å². The summed E-state index contributed by atoms with van der Waals surface area (Å²) in [4.78, 5) is 18.2. The average Bonchev–Trinajstić information content (AvgIpc) is 2.51. The molecule has 0 radical (unpaired) electrons. The molecule has 0 aliphatic carbocycles. The number of hydrogen-bond acceptors (Lipinski definition) is 7. The summed E-state index contributed by atoms with van der Waals surface area (Å²) in [6.45, 7) is 5.43. The van der Waals surface area contributed by atoms with E-state index in [9.17, 15) is 23.3 Å². The summed E-state index contributed by atoms with van der Waals surface area (Å²) in [6.07, 6.45) is -3.61. The molecule has 0 aliphatic heterocycles. The van der Waals surface area contributed by atoms with E-state index in [4.69, 9.17) is 0 Å². The second kappa shape index (κ2) is 7.12. The van der Waals surface area contributed by atoms with E-state index in [0.29, 0.717) is 0 Å². The van der Waals surface area contributed by atoms with Crippen LogP contribution in [0.3, 0.4) is 0 Å². The summed E-state index contributed by atoms with van der Waals surface area (Å²) >= 11 is 0. The maximum absolute atomic E-state index is 13.1. The third-order valence-corrected chi connectivity index (χ3v) is 3.05. The van der Waals surface area contributed by atoms with E-state index in [1.807, 2.05) is 20.8 Å². The fraction of sp³-hybridized carbons (Fsp3) is 0.333. The van der Waals surface area contributed by atoms with Crippen molar-refractivity contribution in [2.75, 3.05) is 10.7 Å². The monoisotopic (exact) mass is 370 g/mol. The SMILES string of the molecule is CC(C)(C)NNc1ncnc(Nc2ccccc2C(F)(F)F)c1[N+](=O)[O-]. The van der Waals surface area contributed by atoms with Gasteiger partial charge >= 0.3 is 11.9 Å². The number of halogens is 3. The van der Waals surface area contributed by atoms with Crippen LogP contribution in [0.1, 0.15) is 26.3 Å². The molecule has 8 nitrogen and oxygen atoms in total. The summed E-state index contributed by atoms with van der Waals surface area (Å²) in [5.74, 6) is -0.535. The molecule has 1 heterocycles. The standard InChI is InChI=1S/C15H17F3N6O2/c1-14(2,3)23-22-13-11(24(25)26)12(19-8-20-13)21-10-7-5-4-6-9(10)15(16,17)18/h4-8,23H,1-3H3,(H2,19,20,21,22).